The number of amides is 1. The molecule has 1 aromatic rings. The van der Waals surface area contributed by atoms with Crippen LogP contribution in [-0.4, -0.2) is 24.9 Å². The first-order valence-electron chi connectivity index (χ1n) is 6.26. The Balaban J connectivity index is 2.41. The number of hydrogen-bond donors (Lipinski definition) is 1. The summed E-state index contributed by atoms with van der Waals surface area (Å²) < 4.78 is 4.84. The van der Waals surface area contributed by atoms with Gasteiger partial charge in [-0.25, -0.2) is 4.79 Å². The van der Waals surface area contributed by atoms with E-state index in [4.69, 9.17) is 16.3 Å². The summed E-state index contributed by atoms with van der Waals surface area (Å²) in [4.78, 5) is 24.6. The molecule has 0 saturated carbocycles. The molecular formula is C13H16ClNO3S. The third-order valence-corrected chi connectivity index (χ3v) is 4.64. The molecule has 1 heterocycles. The lowest BCUT2D eigenvalue weighted by molar-refractivity contribution is -0.113. The highest BCUT2D eigenvalue weighted by Crippen LogP contribution is 2.37. The number of carbonyl (C=O) groups excluding carboxylic acids is 2. The Morgan fingerprint density at radius 3 is 2.74 bits per heavy atom. The molecule has 0 saturated heterocycles. The number of halogens is 1. The minimum Gasteiger partial charge on any atom is -0.465 e. The highest BCUT2D eigenvalue weighted by atomic mass is 35.5. The van der Waals surface area contributed by atoms with E-state index in [0.29, 0.717) is 10.6 Å². The predicted molar refractivity (Wildman–Crippen MR) is 76.3 cm³/mol. The molecule has 1 aromatic heterocycles. The molecule has 1 amide bonds. The number of alkyl halides is 1. The predicted octanol–water partition coefficient (Wildman–Crippen LogP) is 2.98. The van der Waals surface area contributed by atoms with Gasteiger partial charge < -0.3 is 10.1 Å². The van der Waals surface area contributed by atoms with Crippen molar-refractivity contribution in [3.05, 3.63) is 16.0 Å². The van der Waals surface area contributed by atoms with Gasteiger partial charge in [0.2, 0.25) is 5.91 Å². The number of fused-ring (bicyclic) bond motifs is 1. The fraction of sp³-hybridized carbons (Fsp3) is 0.538. The third-order valence-electron chi connectivity index (χ3n) is 3.19. The minimum atomic E-state index is -0.385. The van der Waals surface area contributed by atoms with Gasteiger partial charge in [-0.05, 0) is 31.2 Å². The summed E-state index contributed by atoms with van der Waals surface area (Å²) in [6.07, 6.45) is 5.19. The monoisotopic (exact) mass is 301 g/mol. The van der Waals surface area contributed by atoms with Gasteiger partial charge in [-0.2, -0.15) is 0 Å². The fourth-order valence-electron chi connectivity index (χ4n) is 2.31. The van der Waals surface area contributed by atoms with Crippen LogP contribution in [0.1, 0.15) is 40.1 Å². The number of anilines is 1. The minimum absolute atomic E-state index is 0.122. The molecule has 0 spiro atoms. The Hall–Kier alpha value is -1.07. The molecule has 2 rings (SSSR count). The zero-order chi connectivity index (χ0) is 13.8. The number of carbonyl (C=O) groups is 2. The molecule has 0 fully saturated rings. The van der Waals surface area contributed by atoms with Crippen LogP contribution in [0.4, 0.5) is 5.00 Å². The van der Waals surface area contributed by atoms with E-state index in [1.165, 1.54) is 29.7 Å². The molecule has 0 unspecified atom stereocenters. The van der Waals surface area contributed by atoms with Gasteiger partial charge in [0.1, 0.15) is 10.9 Å². The zero-order valence-corrected chi connectivity index (χ0v) is 12.3. The van der Waals surface area contributed by atoms with E-state index in [9.17, 15) is 9.59 Å². The number of ether oxygens (including phenoxy) is 1. The molecule has 1 aliphatic carbocycles. The van der Waals surface area contributed by atoms with E-state index in [1.807, 2.05) is 0 Å². The van der Waals surface area contributed by atoms with Crippen LogP contribution in [0.15, 0.2) is 0 Å². The molecule has 4 nitrogen and oxygen atoms in total. The number of rotatable bonds is 3. The first-order chi connectivity index (χ1) is 9.17. The topological polar surface area (TPSA) is 55.4 Å². The van der Waals surface area contributed by atoms with Crippen LogP contribution in [0.5, 0.6) is 0 Å². The van der Waals surface area contributed by atoms with E-state index in [-0.39, 0.29) is 17.8 Å². The van der Waals surface area contributed by atoms with E-state index in [1.54, 1.807) is 0 Å². The number of aryl methyl sites for hydroxylation is 1. The van der Waals surface area contributed by atoms with Crippen molar-refractivity contribution in [1.29, 1.82) is 0 Å². The summed E-state index contributed by atoms with van der Waals surface area (Å²) in [5.41, 5.74) is 1.56. The molecule has 19 heavy (non-hydrogen) atoms. The average Bonchev–Trinajstić information content (AvgIpc) is 2.59. The van der Waals surface area contributed by atoms with Gasteiger partial charge in [0.25, 0.3) is 0 Å². The van der Waals surface area contributed by atoms with Crippen molar-refractivity contribution in [2.75, 3.05) is 18.3 Å². The Morgan fingerprint density at radius 1 is 1.32 bits per heavy atom. The van der Waals surface area contributed by atoms with Gasteiger partial charge >= 0.3 is 5.97 Å². The van der Waals surface area contributed by atoms with Gasteiger partial charge in [-0.15, -0.1) is 22.9 Å². The second kappa shape index (κ2) is 6.39. The molecule has 0 atom stereocenters. The number of methoxy groups -OCH3 is 1. The molecule has 0 aromatic carbocycles. The Bertz CT molecular complexity index is 498. The standard InChI is InChI=1S/C13H16ClNO3S/c1-18-13(17)11-8-5-3-2-4-6-9(8)19-12(11)15-10(16)7-14/h2-7H2,1H3,(H,15,16). The lowest BCUT2D eigenvalue weighted by atomic mass is 10.1. The summed E-state index contributed by atoms with van der Waals surface area (Å²) >= 11 is 6.97. The molecule has 1 N–H and O–H groups in total. The van der Waals surface area contributed by atoms with Crippen molar-refractivity contribution >= 4 is 39.8 Å². The first-order valence-corrected chi connectivity index (χ1v) is 7.61. The molecule has 1 aliphatic rings. The third kappa shape index (κ3) is 3.09. The molecule has 0 bridgehead atoms. The van der Waals surface area contributed by atoms with E-state index in [2.05, 4.69) is 5.32 Å². The summed E-state index contributed by atoms with van der Waals surface area (Å²) in [7, 11) is 1.36. The summed E-state index contributed by atoms with van der Waals surface area (Å²) in [6, 6.07) is 0. The van der Waals surface area contributed by atoms with Crippen molar-refractivity contribution in [3.63, 3.8) is 0 Å². The van der Waals surface area contributed by atoms with Crippen LogP contribution in [0.25, 0.3) is 0 Å². The normalized spacial score (nSPS) is 14.4. The van der Waals surface area contributed by atoms with Crippen molar-refractivity contribution in [2.24, 2.45) is 0 Å². The molecule has 0 aliphatic heterocycles. The number of hydrogen-bond acceptors (Lipinski definition) is 4. The summed E-state index contributed by atoms with van der Waals surface area (Å²) in [5, 5.41) is 3.27. The molecule has 104 valence electrons. The SMILES string of the molecule is COC(=O)c1c(NC(=O)CCl)sc2c1CCCCC2. The quantitative estimate of drug-likeness (QED) is 0.530. The van der Waals surface area contributed by atoms with Crippen molar-refractivity contribution in [1.82, 2.24) is 0 Å². The number of thiophene rings is 1. The van der Waals surface area contributed by atoms with Crippen molar-refractivity contribution in [2.45, 2.75) is 32.1 Å². The molecule has 6 heteroatoms. The summed E-state index contributed by atoms with van der Waals surface area (Å²) in [5.74, 6) is -0.809. The van der Waals surface area contributed by atoms with E-state index >= 15 is 0 Å². The zero-order valence-electron chi connectivity index (χ0n) is 10.8. The highest BCUT2D eigenvalue weighted by Gasteiger charge is 2.25. The Kier molecular flexibility index (Phi) is 4.82. The van der Waals surface area contributed by atoms with Crippen LogP contribution < -0.4 is 5.32 Å². The van der Waals surface area contributed by atoms with Crippen LogP contribution in [0.3, 0.4) is 0 Å². The van der Waals surface area contributed by atoms with Crippen LogP contribution >= 0.6 is 22.9 Å². The van der Waals surface area contributed by atoms with Crippen LogP contribution in [0.2, 0.25) is 0 Å². The van der Waals surface area contributed by atoms with Gasteiger partial charge in [-0.1, -0.05) is 6.42 Å². The Labute approximate surface area is 121 Å². The highest BCUT2D eigenvalue weighted by molar-refractivity contribution is 7.17. The number of nitrogens with one attached hydrogen (secondary N) is 1. The largest absolute Gasteiger partial charge is 0.465 e. The lowest BCUT2D eigenvalue weighted by Gasteiger charge is -2.06. The average molecular weight is 302 g/mol. The fourth-order valence-corrected chi connectivity index (χ4v) is 3.67. The lowest BCUT2D eigenvalue weighted by Crippen LogP contribution is -2.15. The van der Waals surface area contributed by atoms with Gasteiger partial charge in [0, 0.05) is 4.88 Å². The second-order valence-electron chi connectivity index (χ2n) is 4.44. The van der Waals surface area contributed by atoms with E-state index < -0.39 is 0 Å². The molecular weight excluding hydrogens is 286 g/mol. The number of esters is 1. The Morgan fingerprint density at radius 2 is 2.05 bits per heavy atom. The maximum atomic E-state index is 11.9. The molecule has 0 radical (unpaired) electrons. The van der Waals surface area contributed by atoms with Crippen LogP contribution in [0, 0.1) is 0 Å². The van der Waals surface area contributed by atoms with Gasteiger partial charge in [-0.3, -0.25) is 4.79 Å². The van der Waals surface area contributed by atoms with Crippen LogP contribution in [-0.2, 0) is 22.4 Å². The van der Waals surface area contributed by atoms with E-state index in [0.717, 1.165) is 31.2 Å². The van der Waals surface area contributed by atoms with Gasteiger partial charge in [0.05, 0.1) is 12.7 Å². The van der Waals surface area contributed by atoms with Crippen molar-refractivity contribution < 1.29 is 14.3 Å². The smallest absolute Gasteiger partial charge is 0.341 e. The second-order valence-corrected chi connectivity index (χ2v) is 5.81. The van der Waals surface area contributed by atoms with Gasteiger partial charge in [0.15, 0.2) is 0 Å². The van der Waals surface area contributed by atoms with Crippen molar-refractivity contribution in [3.8, 4) is 0 Å². The maximum Gasteiger partial charge on any atom is 0.341 e. The first kappa shape index (κ1) is 14.3. The maximum absolute atomic E-state index is 11.9. The summed E-state index contributed by atoms with van der Waals surface area (Å²) in [6.45, 7) is 0.